The summed E-state index contributed by atoms with van der Waals surface area (Å²) in [6.45, 7) is 3.17. The van der Waals surface area contributed by atoms with Crippen molar-refractivity contribution in [3.63, 3.8) is 0 Å². The van der Waals surface area contributed by atoms with Gasteiger partial charge in [0.1, 0.15) is 11.4 Å². The first-order valence-electron chi connectivity index (χ1n) is 8.73. The molecule has 26 heavy (non-hydrogen) atoms. The monoisotopic (exact) mass is 377 g/mol. The van der Waals surface area contributed by atoms with Gasteiger partial charge >= 0.3 is 0 Å². The van der Waals surface area contributed by atoms with E-state index < -0.39 is 6.04 Å². The number of hydrogen-bond donors (Lipinski definition) is 0. The van der Waals surface area contributed by atoms with Crippen molar-refractivity contribution in [2.45, 2.75) is 11.4 Å². The third kappa shape index (κ3) is 2.54. The van der Waals surface area contributed by atoms with E-state index in [0.29, 0.717) is 35.9 Å². The van der Waals surface area contributed by atoms with Crippen LogP contribution in [0.5, 0.6) is 11.5 Å². The van der Waals surface area contributed by atoms with Gasteiger partial charge in [0.05, 0.1) is 19.8 Å². The highest BCUT2D eigenvalue weighted by Gasteiger charge is 2.51. The summed E-state index contributed by atoms with van der Waals surface area (Å²) in [4.78, 5) is 32.1. The fourth-order valence-electron chi connectivity index (χ4n) is 3.92. The molecule has 2 atom stereocenters. The van der Waals surface area contributed by atoms with Gasteiger partial charge in [-0.15, -0.1) is 11.8 Å². The molecule has 2 saturated heterocycles. The number of carbonyl (C=O) groups excluding carboxylic acids is 2. The van der Waals surface area contributed by atoms with Crippen LogP contribution in [0.2, 0.25) is 0 Å². The molecule has 4 rings (SSSR count). The molecule has 140 valence electrons. The van der Waals surface area contributed by atoms with E-state index in [1.54, 1.807) is 23.8 Å². The van der Waals surface area contributed by atoms with E-state index in [9.17, 15) is 9.59 Å². The first-order chi connectivity index (χ1) is 12.6. The molecular weight excluding hydrogens is 354 g/mol. The summed E-state index contributed by atoms with van der Waals surface area (Å²) in [6.07, 6.45) is 0. The number of hydrogen-bond acceptors (Lipinski definition) is 6. The van der Waals surface area contributed by atoms with E-state index in [1.165, 1.54) is 7.11 Å². The highest BCUT2D eigenvalue weighted by Crippen LogP contribution is 2.52. The van der Waals surface area contributed by atoms with Crippen molar-refractivity contribution in [3.8, 4) is 11.5 Å². The maximum Gasteiger partial charge on any atom is 0.260 e. The second kappa shape index (κ2) is 6.66. The second-order valence-corrected chi connectivity index (χ2v) is 7.92. The second-order valence-electron chi connectivity index (χ2n) is 6.81. The van der Waals surface area contributed by atoms with Gasteiger partial charge in [0.15, 0.2) is 11.5 Å². The number of likely N-dealkylation sites (N-methyl/N-ethyl adjacent to an activating group) is 1. The molecule has 1 aromatic rings. The third-order valence-corrected chi connectivity index (χ3v) is 6.70. The van der Waals surface area contributed by atoms with Crippen LogP contribution < -0.4 is 9.47 Å². The Hall–Kier alpha value is -1.93. The van der Waals surface area contributed by atoms with Crippen molar-refractivity contribution < 1.29 is 19.1 Å². The van der Waals surface area contributed by atoms with Gasteiger partial charge in [0.25, 0.3) is 5.91 Å². The molecule has 0 radical (unpaired) electrons. The van der Waals surface area contributed by atoms with Crippen molar-refractivity contribution in [2.24, 2.45) is 0 Å². The number of piperazine rings is 1. The standard InChI is InChI=1S/C18H23N3O4S/c1-19-6-8-20(9-7-19)16(22)12-10-26-18-11-4-5-13(24-2)15(25-3)14(11)17(23)21(12)18/h4-5,12,18H,6-10H2,1-3H3/t12-,18-/m0/s1. The van der Waals surface area contributed by atoms with Crippen molar-refractivity contribution in [3.05, 3.63) is 23.3 Å². The van der Waals surface area contributed by atoms with Gasteiger partial charge in [-0.2, -0.15) is 0 Å². The molecule has 3 aliphatic heterocycles. The fraction of sp³-hybridized carbons (Fsp3) is 0.556. The molecular formula is C18H23N3O4S. The first kappa shape index (κ1) is 17.5. The predicted molar refractivity (Wildman–Crippen MR) is 98.8 cm³/mol. The van der Waals surface area contributed by atoms with E-state index in [2.05, 4.69) is 11.9 Å². The molecule has 0 spiro atoms. The van der Waals surface area contributed by atoms with Crippen LogP contribution in [-0.2, 0) is 4.79 Å². The average Bonchev–Trinajstić information content (AvgIpc) is 3.21. The molecule has 2 amide bonds. The number of fused-ring (bicyclic) bond motifs is 3. The Bertz CT molecular complexity index is 748. The van der Waals surface area contributed by atoms with Gasteiger partial charge in [0.2, 0.25) is 5.91 Å². The van der Waals surface area contributed by atoms with Crippen LogP contribution in [0.15, 0.2) is 12.1 Å². The number of methoxy groups -OCH3 is 2. The summed E-state index contributed by atoms with van der Waals surface area (Å²) in [6, 6.07) is 3.32. The third-order valence-electron chi connectivity index (χ3n) is 5.39. The zero-order valence-electron chi connectivity index (χ0n) is 15.2. The highest BCUT2D eigenvalue weighted by atomic mass is 32.2. The zero-order chi connectivity index (χ0) is 18.4. The highest BCUT2D eigenvalue weighted by molar-refractivity contribution is 7.99. The molecule has 3 aliphatic rings. The SMILES string of the molecule is COc1ccc2c(c1OC)C(=O)N1[C@H](C(=O)N3CCN(C)CC3)CS[C@@H]21. The summed E-state index contributed by atoms with van der Waals surface area (Å²) in [5.74, 6) is 1.54. The van der Waals surface area contributed by atoms with Gasteiger partial charge in [-0.05, 0) is 13.1 Å². The van der Waals surface area contributed by atoms with Gasteiger partial charge in [-0.3, -0.25) is 9.59 Å². The molecule has 0 unspecified atom stereocenters. The Balaban J connectivity index is 1.63. The van der Waals surface area contributed by atoms with Crippen molar-refractivity contribution in [1.29, 1.82) is 0 Å². The lowest BCUT2D eigenvalue weighted by molar-refractivity contribution is -0.136. The molecule has 0 N–H and O–H groups in total. The zero-order valence-corrected chi connectivity index (χ0v) is 16.0. The molecule has 0 aromatic heterocycles. The van der Waals surface area contributed by atoms with E-state index in [1.807, 2.05) is 17.0 Å². The van der Waals surface area contributed by atoms with E-state index >= 15 is 0 Å². The van der Waals surface area contributed by atoms with Crippen LogP contribution in [0.3, 0.4) is 0 Å². The number of nitrogens with zero attached hydrogens (tertiary/aromatic N) is 3. The van der Waals surface area contributed by atoms with Crippen LogP contribution >= 0.6 is 11.8 Å². The van der Waals surface area contributed by atoms with Crippen molar-refractivity contribution in [2.75, 3.05) is 53.2 Å². The minimum absolute atomic E-state index is 0.0557. The van der Waals surface area contributed by atoms with Crippen LogP contribution in [-0.4, -0.2) is 85.8 Å². The van der Waals surface area contributed by atoms with Gasteiger partial charge in [0, 0.05) is 37.5 Å². The lowest BCUT2D eigenvalue weighted by Crippen LogP contribution is -2.53. The van der Waals surface area contributed by atoms with Crippen LogP contribution in [0.25, 0.3) is 0 Å². The quantitative estimate of drug-likeness (QED) is 0.785. The minimum Gasteiger partial charge on any atom is -0.493 e. The molecule has 3 heterocycles. The Morgan fingerprint density at radius 1 is 1.15 bits per heavy atom. The largest absolute Gasteiger partial charge is 0.493 e. The Morgan fingerprint density at radius 2 is 1.88 bits per heavy atom. The van der Waals surface area contributed by atoms with Crippen LogP contribution in [0.4, 0.5) is 0 Å². The summed E-state index contributed by atoms with van der Waals surface area (Å²) in [7, 11) is 5.15. The number of rotatable bonds is 3. The summed E-state index contributed by atoms with van der Waals surface area (Å²) in [5.41, 5.74) is 1.44. The number of amides is 2. The van der Waals surface area contributed by atoms with Gasteiger partial charge in [-0.25, -0.2) is 0 Å². The van der Waals surface area contributed by atoms with Crippen molar-refractivity contribution in [1.82, 2.24) is 14.7 Å². The number of benzene rings is 1. The van der Waals surface area contributed by atoms with Gasteiger partial charge in [-0.1, -0.05) is 6.07 Å². The molecule has 0 aliphatic carbocycles. The number of thioether (sulfide) groups is 1. The first-order valence-corrected chi connectivity index (χ1v) is 9.78. The maximum absolute atomic E-state index is 13.2. The summed E-state index contributed by atoms with van der Waals surface area (Å²) >= 11 is 1.64. The summed E-state index contributed by atoms with van der Waals surface area (Å²) in [5, 5.41) is -0.126. The van der Waals surface area contributed by atoms with E-state index in [4.69, 9.17) is 9.47 Å². The Kier molecular flexibility index (Phi) is 4.48. The van der Waals surface area contributed by atoms with E-state index in [0.717, 1.165) is 18.7 Å². The summed E-state index contributed by atoms with van der Waals surface area (Å²) < 4.78 is 10.8. The fourth-order valence-corrected chi connectivity index (χ4v) is 5.37. The van der Waals surface area contributed by atoms with E-state index in [-0.39, 0.29) is 17.2 Å². The number of ether oxygens (including phenoxy) is 2. The predicted octanol–water partition coefficient (Wildman–Crippen LogP) is 1.05. The molecule has 7 nitrogen and oxygen atoms in total. The number of carbonyl (C=O) groups is 2. The van der Waals surface area contributed by atoms with Crippen LogP contribution in [0.1, 0.15) is 21.3 Å². The Labute approximate surface area is 157 Å². The maximum atomic E-state index is 13.2. The minimum atomic E-state index is -0.413. The topological polar surface area (TPSA) is 62.3 Å². The van der Waals surface area contributed by atoms with Crippen LogP contribution in [0, 0.1) is 0 Å². The van der Waals surface area contributed by atoms with Gasteiger partial charge < -0.3 is 24.2 Å². The smallest absolute Gasteiger partial charge is 0.260 e. The lowest BCUT2D eigenvalue weighted by Gasteiger charge is -2.35. The average molecular weight is 377 g/mol. The molecule has 0 saturated carbocycles. The molecule has 0 bridgehead atoms. The molecule has 1 aromatic carbocycles. The van der Waals surface area contributed by atoms with Crippen molar-refractivity contribution >= 4 is 23.6 Å². The normalized spacial score (nSPS) is 25.3. The molecule has 8 heteroatoms. The lowest BCUT2D eigenvalue weighted by atomic mass is 10.1. The molecule has 2 fully saturated rings. The Morgan fingerprint density at radius 3 is 2.54 bits per heavy atom.